The minimum Gasteiger partial charge on any atom is -0.382 e. The van der Waals surface area contributed by atoms with Gasteiger partial charge in [0.05, 0.1) is 16.5 Å². The maximum Gasteiger partial charge on any atom is 0.244 e. The Morgan fingerprint density at radius 2 is 2.00 bits per heavy atom. The molecule has 1 aromatic rings. The lowest BCUT2D eigenvalue weighted by atomic mass is 10.5. The largest absolute Gasteiger partial charge is 0.382 e. The zero-order valence-electron chi connectivity index (χ0n) is 10.5. The van der Waals surface area contributed by atoms with Crippen molar-refractivity contribution in [3.63, 3.8) is 0 Å². The highest BCUT2D eigenvalue weighted by Crippen LogP contribution is 2.23. The number of nitrogens with two attached hydrogens (primary N) is 1. The first kappa shape index (κ1) is 15.5. The van der Waals surface area contributed by atoms with Crippen molar-refractivity contribution in [2.24, 2.45) is 0 Å². The van der Waals surface area contributed by atoms with E-state index in [1.54, 1.807) is 0 Å². The van der Waals surface area contributed by atoms with Gasteiger partial charge in [-0.3, -0.25) is 0 Å². The van der Waals surface area contributed by atoms with Gasteiger partial charge in [-0.25, -0.2) is 21.8 Å². The molecular formula is C10H14ClN3O4S2. The molecule has 0 radical (unpaired) electrons. The number of sulfone groups is 1. The van der Waals surface area contributed by atoms with Crippen LogP contribution in [-0.4, -0.2) is 50.7 Å². The maximum absolute atomic E-state index is 12.4. The molecule has 0 aliphatic carbocycles. The summed E-state index contributed by atoms with van der Waals surface area (Å²) in [4.78, 5) is 3.63. The smallest absolute Gasteiger partial charge is 0.244 e. The summed E-state index contributed by atoms with van der Waals surface area (Å²) in [7, 11) is -6.99. The third-order valence-corrected chi connectivity index (χ3v) is 6.88. The zero-order valence-corrected chi connectivity index (χ0v) is 12.9. The minimum absolute atomic E-state index is 0.000234. The monoisotopic (exact) mass is 339 g/mol. The average Bonchev–Trinajstić information content (AvgIpc) is 2.54. The molecule has 112 valence electrons. The molecule has 7 nitrogen and oxygen atoms in total. The topological polar surface area (TPSA) is 110 Å². The number of halogens is 1. The van der Waals surface area contributed by atoms with Crippen molar-refractivity contribution in [1.29, 1.82) is 0 Å². The molecule has 1 aliphatic heterocycles. The lowest BCUT2D eigenvalue weighted by Gasteiger charge is -2.19. The first-order chi connectivity index (χ1) is 9.22. The number of anilines is 1. The second-order valence-corrected chi connectivity index (χ2v) is 9.10. The minimum atomic E-state index is -3.81. The predicted molar refractivity (Wildman–Crippen MR) is 75.7 cm³/mol. The van der Waals surface area contributed by atoms with Gasteiger partial charge in [-0.1, -0.05) is 11.6 Å². The Bertz CT molecular complexity index is 718. The second kappa shape index (κ2) is 5.47. The van der Waals surface area contributed by atoms with E-state index in [9.17, 15) is 16.8 Å². The fourth-order valence-corrected chi connectivity index (χ4v) is 4.95. The number of sulfonamides is 1. The Morgan fingerprint density at radius 3 is 2.65 bits per heavy atom. The summed E-state index contributed by atoms with van der Waals surface area (Å²) in [6, 6.07) is 1.22. The van der Waals surface area contributed by atoms with Crippen molar-refractivity contribution in [1.82, 2.24) is 9.29 Å². The average molecular weight is 340 g/mol. The molecule has 1 fully saturated rings. The number of hydrogen-bond acceptors (Lipinski definition) is 6. The summed E-state index contributed by atoms with van der Waals surface area (Å²) in [6.45, 7) is 0.0935. The molecular weight excluding hydrogens is 326 g/mol. The Hall–Kier alpha value is -0.900. The SMILES string of the molecule is Nc1ncc(S(=O)(=O)N2CCCS(=O)(=O)CC2)cc1Cl. The van der Waals surface area contributed by atoms with Crippen LogP contribution in [0.4, 0.5) is 5.82 Å². The van der Waals surface area contributed by atoms with Gasteiger partial charge in [-0.2, -0.15) is 4.31 Å². The van der Waals surface area contributed by atoms with E-state index in [0.717, 1.165) is 10.5 Å². The van der Waals surface area contributed by atoms with Gasteiger partial charge in [-0.05, 0) is 12.5 Å². The summed E-state index contributed by atoms with van der Waals surface area (Å²) in [5, 5.41) is 0.0496. The second-order valence-electron chi connectivity index (χ2n) is 4.45. The van der Waals surface area contributed by atoms with Crippen LogP contribution in [0, 0.1) is 0 Å². The Kier molecular flexibility index (Phi) is 4.24. The van der Waals surface area contributed by atoms with Gasteiger partial charge in [0.15, 0.2) is 9.84 Å². The van der Waals surface area contributed by atoms with Gasteiger partial charge in [0, 0.05) is 19.3 Å². The van der Waals surface area contributed by atoms with E-state index in [4.69, 9.17) is 17.3 Å². The van der Waals surface area contributed by atoms with Crippen LogP contribution in [0.5, 0.6) is 0 Å². The predicted octanol–water partition coefficient (Wildman–Crippen LogP) is 0.126. The lowest BCUT2D eigenvalue weighted by Crippen LogP contribution is -2.33. The molecule has 0 aromatic carbocycles. The van der Waals surface area contributed by atoms with E-state index in [-0.39, 0.29) is 46.8 Å². The molecule has 0 amide bonds. The molecule has 20 heavy (non-hydrogen) atoms. The first-order valence-electron chi connectivity index (χ1n) is 5.84. The summed E-state index contributed by atoms with van der Waals surface area (Å²) in [5.74, 6) is -0.133. The van der Waals surface area contributed by atoms with Crippen LogP contribution in [0.3, 0.4) is 0 Å². The van der Waals surface area contributed by atoms with E-state index < -0.39 is 19.9 Å². The van der Waals surface area contributed by atoms with Crippen molar-refractivity contribution in [3.05, 3.63) is 17.3 Å². The van der Waals surface area contributed by atoms with Crippen LogP contribution in [0.15, 0.2) is 17.2 Å². The Labute approximate surface area is 122 Å². The van der Waals surface area contributed by atoms with Gasteiger partial charge in [0.1, 0.15) is 10.7 Å². The van der Waals surface area contributed by atoms with E-state index in [2.05, 4.69) is 4.98 Å². The maximum atomic E-state index is 12.4. The van der Waals surface area contributed by atoms with Crippen molar-refractivity contribution >= 4 is 37.3 Å². The molecule has 10 heteroatoms. The van der Waals surface area contributed by atoms with E-state index in [0.29, 0.717) is 0 Å². The fraction of sp³-hybridized carbons (Fsp3) is 0.500. The molecule has 0 unspecified atom stereocenters. The third kappa shape index (κ3) is 3.22. The van der Waals surface area contributed by atoms with Crippen LogP contribution in [-0.2, 0) is 19.9 Å². The highest BCUT2D eigenvalue weighted by atomic mass is 35.5. The van der Waals surface area contributed by atoms with Crippen molar-refractivity contribution in [2.45, 2.75) is 11.3 Å². The van der Waals surface area contributed by atoms with Gasteiger partial charge < -0.3 is 5.73 Å². The van der Waals surface area contributed by atoms with E-state index in [1.807, 2.05) is 0 Å². The molecule has 1 aliphatic rings. The van der Waals surface area contributed by atoms with Gasteiger partial charge in [0.25, 0.3) is 0 Å². The summed E-state index contributed by atoms with van der Waals surface area (Å²) in [6.07, 6.45) is 1.40. The quantitative estimate of drug-likeness (QED) is 0.819. The van der Waals surface area contributed by atoms with Crippen LogP contribution in [0.2, 0.25) is 5.02 Å². The van der Waals surface area contributed by atoms with Gasteiger partial charge in [0.2, 0.25) is 10.0 Å². The highest BCUT2D eigenvalue weighted by Gasteiger charge is 2.29. The van der Waals surface area contributed by atoms with Crippen LogP contribution in [0.1, 0.15) is 6.42 Å². The van der Waals surface area contributed by atoms with E-state index in [1.165, 1.54) is 6.07 Å². The van der Waals surface area contributed by atoms with Crippen LogP contribution in [0.25, 0.3) is 0 Å². The highest BCUT2D eigenvalue weighted by molar-refractivity contribution is 7.91. The fourth-order valence-electron chi connectivity index (χ4n) is 1.88. The third-order valence-electron chi connectivity index (χ3n) is 3.00. The summed E-state index contributed by atoms with van der Waals surface area (Å²) >= 11 is 5.77. The molecule has 2 N–H and O–H groups in total. The molecule has 0 spiro atoms. The standard InChI is InChI=1S/C10H14ClN3O4S2/c11-9-6-8(7-13-10(9)12)20(17,18)14-2-1-4-19(15,16)5-3-14/h6-7H,1-5H2,(H2,12,13). The number of nitrogens with zero attached hydrogens (tertiary/aromatic N) is 2. The first-order valence-corrected chi connectivity index (χ1v) is 9.48. The molecule has 0 atom stereocenters. The molecule has 2 rings (SSSR count). The van der Waals surface area contributed by atoms with Gasteiger partial charge in [-0.15, -0.1) is 0 Å². The van der Waals surface area contributed by atoms with Crippen molar-refractivity contribution in [3.8, 4) is 0 Å². The molecule has 2 heterocycles. The summed E-state index contributed by atoms with van der Waals surface area (Å²) in [5.41, 5.74) is 5.44. The zero-order chi connectivity index (χ0) is 15.0. The Balaban J connectivity index is 2.32. The van der Waals surface area contributed by atoms with Crippen LogP contribution < -0.4 is 5.73 Å². The molecule has 0 saturated carbocycles. The van der Waals surface area contributed by atoms with Crippen molar-refractivity contribution in [2.75, 3.05) is 30.3 Å². The van der Waals surface area contributed by atoms with Crippen molar-refractivity contribution < 1.29 is 16.8 Å². The number of nitrogen functional groups attached to an aromatic ring is 1. The van der Waals surface area contributed by atoms with Gasteiger partial charge >= 0.3 is 0 Å². The van der Waals surface area contributed by atoms with E-state index >= 15 is 0 Å². The summed E-state index contributed by atoms with van der Waals surface area (Å²) < 4.78 is 49.0. The number of hydrogen-bond donors (Lipinski definition) is 1. The molecule has 0 bridgehead atoms. The molecule has 1 saturated heterocycles. The number of aromatic nitrogens is 1. The normalized spacial score (nSPS) is 20.4. The number of pyridine rings is 1. The van der Waals surface area contributed by atoms with Crippen LogP contribution >= 0.6 is 11.6 Å². The lowest BCUT2D eigenvalue weighted by molar-refractivity contribution is 0.434. The number of rotatable bonds is 2. The Morgan fingerprint density at radius 1 is 1.30 bits per heavy atom. The molecule has 1 aromatic heterocycles.